The predicted octanol–water partition coefficient (Wildman–Crippen LogP) is 2.37. The fourth-order valence-electron chi connectivity index (χ4n) is 2.75. The SMILES string of the molecule is NCC1(c2cc(Br)c(C=O)c3c2OCO3)CCC1. The minimum absolute atomic E-state index is 0.0122. The molecule has 5 heteroatoms. The van der Waals surface area contributed by atoms with E-state index in [-0.39, 0.29) is 12.2 Å². The number of hydrogen-bond donors (Lipinski definition) is 1. The first-order chi connectivity index (χ1) is 8.72. The van der Waals surface area contributed by atoms with Crippen LogP contribution in [0.1, 0.15) is 35.2 Å². The van der Waals surface area contributed by atoms with Crippen LogP contribution in [0.4, 0.5) is 0 Å². The van der Waals surface area contributed by atoms with E-state index < -0.39 is 0 Å². The van der Waals surface area contributed by atoms with Crippen LogP contribution in [0.3, 0.4) is 0 Å². The minimum atomic E-state index is -0.0122. The number of ether oxygens (including phenoxy) is 2. The zero-order valence-corrected chi connectivity index (χ0v) is 11.5. The van der Waals surface area contributed by atoms with E-state index in [9.17, 15) is 4.79 Å². The van der Waals surface area contributed by atoms with Gasteiger partial charge in [-0.05, 0) is 34.8 Å². The average molecular weight is 312 g/mol. The predicted molar refractivity (Wildman–Crippen MR) is 70.2 cm³/mol. The van der Waals surface area contributed by atoms with Crippen molar-refractivity contribution in [3.8, 4) is 11.5 Å². The van der Waals surface area contributed by atoms with Crippen LogP contribution in [0.15, 0.2) is 10.5 Å². The molecule has 1 aliphatic heterocycles. The van der Waals surface area contributed by atoms with Crippen LogP contribution >= 0.6 is 15.9 Å². The van der Waals surface area contributed by atoms with Crippen molar-refractivity contribution in [1.29, 1.82) is 0 Å². The quantitative estimate of drug-likeness (QED) is 0.871. The van der Waals surface area contributed by atoms with Gasteiger partial charge in [-0.1, -0.05) is 6.42 Å². The molecule has 0 aromatic heterocycles. The Bertz CT molecular complexity index is 506. The van der Waals surface area contributed by atoms with Gasteiger partial charge < -0.3 is 15.2 Å². The molecule has 1 aromatic rings. The van der Waals surface area contributed by atoms with E-state index in [1.165, 1.54) is 6.42 Å². The molecule has 1 saturated carbocycles. The molecule has 1 aliphatic carbocycles. The maximum absolute atomic E-state index is 11.1. The van der Waals surface area contributed by atoms with Crippen molar-refractivity contribution in [3.05, 3.63) is 21.7 Å². The van der Waals surface area contributed by atoms with Gasteiger partial charge in [-0.3, -0.25) is 4.79 Å². The molecule has 0 bridgehead atoms. The molecule has 2 N–H and O–H groups in total. The summed E-state index contributed by atoms with van der Waals surface area (Å²) in [5.41, 5.74) is 7.50. The number of benzene rings is 1. The van der Waals surface area contributed by atoms with Crippen molar-refractivity contribution in [1.82, 2.24) is 0 Å². The molecule has 0 spiro atoms. The summed E-state index contributed by atoms with van der Waals surface area (Å²) in [6.45, 7) is 0.760. The smallest absolute Gasteiger partial charge is 0.231 e. The molecular weight excluding hydrogens is 298 g/mol. The summed E-state index contributed by atoms with van der Waals surface area (Å²) in [4.78, 5) is 11.1. The molecule has 0 unspecified atom stereocenters. The fraction of sp³-hybridized carbons (Fsp3) is 0.462. The van der Waals surface area contributed by atoms with Crippen LogP contribution in [-0.2, 0) is 5.41 Å². The summed E-state index contributed by atoms with van der Waals surface area (Å²) < 4.78 is 11.7. The first-order valence-corrected chi connectivity index (χ1v) is 6.79. The van der Waals surface area contributed by atoms with E-state index >= 15 is 0 Å². The highest BCUT2D eigenvalue weighted by Crippen LogP contribution is 2.52. The Morgan fingerprint density at radius 2 is 2.11 bits per heavy atom. The van der Waals surface area contributed by atoms with Crippen molar-refractivity contribution in [2.75, 3.05) is 13.3 Å². The van der Waals surface area contributed by atoms with Gasteiger partial charge in [-0.25, -0.2) is 0 Å². The highest BCUT2D eigenvalue weighted by Gasteiger charge is 2.42. The van der Waals surface area contributed by atoms with Crippen LogP contribution in [0.5, 0.6) is 11.5 Å². The molecule has 1 aromatic carbocycles. The number of fused-ring (bicyclic) bond motifs is 1. The summed E-state index contributed by atoms with van der Waals surface area (Å²) >= 11 is 3.43. The van der Waals surface area contributed by atoms with Gasteiger partial charge in [0.1, 0.15) is 0 Å². The fourth-order valence-corrected chi connectivity index (χ4v) is 3.25. The number of carbonyl (C=O) groups is 1. The monoisotopic (exact) mass is 311 g/mol. The van der Waals surface area contributed by atoms with Gasteiger partial charge in [0.2, 0.25) is 6.79 Å². The van der Waals surface area contributed by atoms with Gasteiger partial charge in [0, 0.05) is 22.0 Å². The molecule has 96 valence electrons. The third kappa shape index (κ3) is 1.50. The second-order valence-electron chi connectivity index (χ2n) is 4.84. The van der Waals surface area contributed by atoms with Gasteiger partial charge in [0.25, 0.3) is 0 Å². The Labute approximate surface area is 114 Å². The number of rotatable bonds is 3. The van der Waals surface area contributed by atoms with E-state index in [1.807, 2.05) is 6.07 Å². The first-order valence-electron chi connectivity index (χ1n) is 6.00. The normalized spacial score (nSPS) is 19.4. The topological polar surface area (TPSA) is 61.6 Å². The maximum Gasteiger partial charge on any atom is 0.231 e. The van der Waals surface area contributed by atoms with Gasteiger partial charge in [0.15, 0.2) is 17.8 Å². The van der Waals surface area contributed by atoms with Crippen molar-refractivity contribution in [2.24, 2.45) is 5.73 Å². The third-order valence-electron chi connectivity index (χ3n) is 4.02. The Kier molecular flexibility index (Phi) is 2.83. The molecule has 2 aliphatic rings. The van der Waals surface area contributed by atoms with E-state index in [4.69, 9.17) is 15.2 Å². The zero-order chi connectivity index (χ0) is 12.8. The number of carbonyl (C=O) groups excluding carboxylic acids is 1. The maximum atomic E-state index is 11.1. The first kappa shape index (κ1) is 12.0. The Hall–Kier alpha value is -1.07. The van der Waals surface area contributed by atoms with Crippen LogP contribution in [0.2, 0.25) is 0 Å². The molecular formula is C13H14BrNO3. The molecule has 1 heterocycles. The summed E-state index contributed by atoms with van der Waals surface area (Å²) in [6.07, 6.45) is 4.09. The minimum Gasteiger partial charge on any atom is -0.453 e. The molecule has 0 radical (unpaired) electrons. The molecule has 1 fully saturated rings. The standard InChI is InChI=1S/C13H14BrNO3/c14-10-4-9(13(6-15)2-1-3-13)12-11(8(10)5-16)17-7-18-12/h4-5H,1-3,6-7,15H2. The largest absolute Gasteiger partial charge is 0.453 e. The van der Waals surface area contributed by atoms with Crippen LogP contribution in [0, 0.1) is 0 Å². The average Bonchev–Trinajstić information content (AvgIpc) is 2.77. The van der Waals surface area contributed by atoms with Crippen molar-refractivity contribution in [2.45, 2.75) is 24.7 Å². The number of nitrogens with two attached hydrogens (primary N) is 1. The molecule has 4 nitrogen and oxygen atoms in total. The van der Waals surface area contributed by atoms with Gasteiger partial charge in [0.05, 0.1) is 5.56 Å². The Morgan fingerprint density at radius 1 is 1.39 bits per heavy atom. The summed E-state index contributed by atoms with van der Waals surface area (Å²) in [6, 6.07) is 1.96. The van der Waals surface area contributed by atoms with Crippen molar-refractivity contribution < 1.29 is 14.3 Å². The lowest BCUT2D eigenvalue weighted by molar-refractivity contribution is 0.111. The zero-order valence-electron chi connectivity index (χ0n) is 9.87. The second kappa shape index (κ2) is 4.24. The van der Waals surface area contributed by atoms with Gasteiger partial charge >= 0.3 is 0 Å². The molecule has 0 amide bonds. The van der Waals surface area contributed by atoms with E-state index in [0.717, 1.165) is 29.2 Å². The lowest BCUT2D eigenvalue weighted by atomic mass is 9.64. The molecule has 3 rings (SSSR count). The lowest BCUT2D eigenvalue weighted by Gasteiger charge is -2.42. The highest BCUT2D eigenvalue weighted by molar-refractivity contribution is 9.10. The lowest BCUT2D eigenvalue weighted by Crippen LogP contribution is -2.41. The van der Waals surface area contributed by atoms with E-state index in [2.05, 4.69) is 15.9 Å². The van der Waals surface area contributed by atoms with Crippen LogP contribution < -0.4 is 15.2 Å². The van der Waals surface area contributed by atoms with E-state index in [0.29, 0.717) is 23.6 Å². The summed E-state index contributed by atoms with van der Waals surface area (Å²) in [5.74, 6) is 1.25. The van der Waals surface area contributed by atoms with Gasteiger partial charge in [-0.2, -0.15) is 0 Å². The third-order valence-corrected chi connectivity index (χ3v) is 4.68. The number of halogens is 1. The Morgan fingerprint density at radius 3 is 2.67 bits per heavy atom. The highest BCUT2D eigenvalue weighted by atomic mass is 79.9. The van der Waals surface area contributed by atoms with Crippen molar-refractivity contribution in [3.63, 3.8) is 0 Å². The molecule has 18 heavy (non-hydrogen) atoms. The molecule has 0 saturated heterocycles. The number of aldehydes is 1. The van der Waals surface area contributed by atoms with Crippen LogP contribution in [-0.4, -0.2) is 19.6 Å². The number of hydrogen-bond acceptors (Lipinski definition) is 4. The molecule has 0 atom stereocenters. The van der Waals surface area contributed by atoms with Gasteiger partial charge in [-0.15, -0.1) is 0 Å². The van der Waals surface area contributed by atoms with Crippen molar-refractivity contribution >= 4 is 22.2 Å². The Balaban J connectivity index is 2.19. The van der Waals surface area contributed by atoms with E-state index in [1.54, 1.807) is 0 Å². The second-order valence-corrected chi connectivity index (χ2v) is 5.69. The summed E-state index contributed by atoms with van der Waals surface area (Å²) in [5, 5.41) is 0. The van der Waals surface area contributed by atoms with Crippen LogP contribution in [0.25, 0.3) is 0 Å². The summed E-state index contributed by atoms with van der Waals surface area (Å²) in [7, 11) is 0.